The summed E-state index contributed by atoms with van der Waals surface area (Å²) in [6.07, 6.45) is 0. The Labute approximate surface area is 127 Å². The lowest BCUT2D eigenvalue weighted by atomic mass is 10.2. The fraction of sp³-hybridized carbons (Fsp3) is 0.0769. The van der Waals surface area contributed by atoms with Crippen molar-refractivity contribution in [1.82, 2.24) is 9.97 Å². The molecule has 0 bridgehead atoms. The minimum Gasteiger partial charge on any atom is -0.477 e. The van der Waals surface area contributed by atoms with Gasteiger partial charge in [-0.25, -0.2) is 19.6 Å². The number of hydrogen-bond donors (Lipinski definition) is 2. The average molecular weight is 384 g/mol. The fourth-order valence-corrected chi connectivity index (χ4v) is 2.27. The summed E-state index contributed by atoms with van der Waals surface area (Å²) in [4.78, 5) is 29.9. The van der Waals surface area contributed by atoms with E-state index in [4.69, 9.17) is 10.2 Å². The highest BCUT2D eigenvalue weighted by molar-refractivity contribution is 14.1. The summed E-state index contributed by atoms with van der Waals surface area (Å²) in [5.74, 6) is -2.22. The number of halogens is 1. The van der Waals surface area contributed by atoms with E-state index in [0.29, 0.717) is 11.4 Å². The van der Waals surface area contributed by atoms with Crippen molar-refractivity contribution < 1.29 is 19.8 Å². The Morgan fingerprint density at radius 1 is 0.900 bits per heavy atom. The molecule has 0 aliphatic carbocycles. The SMILES string of the molecule is O=C(O)c1cccc(C(I)c2cccc(C(=O)O)n2)n1. The van der Waals surface area contributed by atoms with E-state index in [1.165, 1.54) is 12.1 Å². The molecule has 0 saturated carbocycles. The van der Waals surface area contributed by atoms with Crippen LogP contribution in [0.15, 0.2) is 36.4 Å². The van der Waals surface area contributed by atoms with Gasteiger partial charge in [0.1, 0.15) is 11.4 Å². The molecule has 0 aliphatic heterocycles. The number of pyridine rings is 2. The highest BCUT2D eigenvalue weighted by Gasteiger charge is 2.17. The lowest BCUT2D eigenvalue weighted by Crippen LogP contribution is -2.07. The molecule has 0 fully saturated rings. The zero-order valence-corrected chi connectivity index (χ0v) is 12.2. The number of aromatic carboxylic acids is 2. The number of aromatic nitrogens is 2. The molecule has 0 aliphatic rings. The van der Waals surface area contributed by atoms with Gasteiger partial charge < -0.3 is 10.2 Å². The number of alkyl halides is 1. The van der Waals surface area contributed by atoms with Crippen LogP contribution < -0.4 is 0 Å². The molecular formula is C13H9IN2O4. The monoisotopic (exact) mass is 384 g/mol. The van der Waals surface area contributed by atoms with Gasteiger partial charge in [-0.15, -0.1) is 0 Å². The van der Waals surface area contributed by atoms with E-state index >= 15 is 0 Å². The second kappa shape index (κ2) is 5.95. The number of nitrogens with zero attached hydrogens (tertiary/aromatic N) is 2. The highest BCUT2D eigenvalue weighted by Crippen LogP contribution is 2.28. The zero-order chi connectivity index (χ0) is 14.7. The summed E-state index contributed by atoms with van der Waals surface area (Å²) in [5, 5.41) is 17.8. The van der Waals surface area contributed by atoms with Gasteiger partial charge in [-0.1, -0.05) is 34.7 Å². The van der Waals surface area contributed by atoms with Crippen LogP contribution in [0.1, 0.15) is 36.3 Å². The van der Waals surface area contributed by atoms with E-state index in [1.807, 2.05) is 22.6 Å². The lowest BCUT2D eigenvalue weighted by Gasteiger charge is -2.10. The third kappa shape index (κ3) is 3.10. The average Bonchev–Trinajstić information content (AvgIpc) is 2.46. The number of carbonyl (C=O) groups is 2. The first-order chi connectivity index (χ1) is 9.49. The summed E-state index contributed by atoms with van der Waals surface area (Å²) < 4.78 is -0.328. The Morgan fingerprint density at radius 3 is 1.65 bits per heavy atom. The molecule has 2 heterocycles. The topological polar surface area (TPSA) is 100 Å². The largest absolute Gasteiger partial charge is 0.477 e. The molecule has 0 amide bonds. The second-order valence-corrected chi connectivity index (χ2v) is 5.11. The Hall–Kier alpha value is -2.03. The molecule has 0 aromatic carbocycles. The fourth-order valence-electron chi connectivity index (χ4n) is 1.57. The van der Waals surface area contributed by atoms with E-state index in [-0.39, 0.29) is 15.3 Å². The first kappa shape index (κ1) is 14.4. The quantitative estimate of drug-likeness (QED) is 0.620. The standard InChI is InChI=1S/C13H9IN2O4/c14-11(7-3-1-5-9(15-7)12(17)18)8-4-2-6-10(16-8)13(19)20/h1-6,11H,(H,17,18)(H,19,20). The van der Waals surface area contributed by atoms with Crippen molar-refractivity contribution in [3.8, 4) is 0 Å². The molecule has 0 atom stereocenters. The van der Waals surface area contributed by atoms with Crippen LogP contribution in [0.2, 0.25) is 0 Å². The Bertz CT molecular complexity index is 617. The normalized spacial score (nSPS) is 10.5. The maximum atomic E-state index is 10.9. The van der Waals surface area contributed by atoms with Gasteiger partial charge in [0.05, 0.1) is 15.3 Å². The third-order valence-electron chi connectivity index (χ3n) is 2.50. The molecule has 0 radical (unpaired) electrons. The predicted octanol–water partition coefficient (Wildman–Crippen LogP) is 2.40. The van der Waals surface area contributed by atoms with Gasteiger partial charge in [0, 0.05) is 0 Å². The molecule has 6 nitrogen and oxygen atoms in total. The summed E-state index contributed by atoms with van der Waals surface area (Å²) in [7, 11) is 0. The number of rotatable bonds is 4. The van der Waals surface area contributed by atoms with Gasteiger partial charge in [0.15, 0.2) is 0 Å². The van der Waals surface area contributed by atoms with Crippen LogP contribution in [0.5, 0.6) is 0 Å². The number of carboxylic acid groups (broad SMARTS) is 2. The van der Waals surface area contributed by atoms with Crippen LogP contribution in [0.4, 0.5) is 0 Å². The van der Waals surface area contributed by atoms with Crippen molar-refractivity contribution in [3.05, 3.63) is 59.2 Å². The maximum Gasteiger partial charge on any atom is 0.354 e. The summed E-state index contributed by atoms with van der Waals surface area (Å²) >= 11 is 2.04. The van der Waals surface area contributed by atoms with Crippen LogP contribution in [-0.4, -0.2) is 32.1 Å². The van der Waals surface area contributed by atoms with Gasteiger partial charge >= 0.3 is 11.9 Å². The second-order valence-electron chi connectivity index (χ2n) is 3.87. The van der Waals surface area contributed by atoms with Gasteiger partial charge in [-0.2, -0.15) is 0 Å². The number of carboxylic acids is 2. The molecule has 2 N–H and O–H groups in total. The molecule has 102 valence electrons. The van der Waals surface area contributed by atoms with Crippen molar-refractivity contribution in [1.29, 1.82) is 0 Å². The Morgan fingerprint density at radius 2 is 1.30 bits per heavy atom. The zero-order valence-electron chi connectivity index (χ0n) is 10.0. The van der Waals surface area contributed by atoms with Gasteiger partial charge in [-0.05, 0) is 24.3 Å². The van der Waals surface area contributed by atoms with Crippen LogP contribution in [0.3, 0.4) is 0 Å². The maximum absolute atomic E-state index is 10.9. The van der Waals surface area contributed by atoms with Crippen molar-refractivity contribution in [3.63, 3.8) is 0 Å². The Balaban J connectivity index is 2.38. The summed E-state index contributed by atoms with van der Waals surface area (Å²) in [5.41, 5.74) is 0.915. The van der Waals surface area contributed by atoms with E-state index in [1.54, 1.807) is 24.3 Å². The van der Waals surface area contributed by atoms with E-state index in [0.717, 1.165) is 0 Å². The van der Waals surface area contributed by atoms with E-state index in [2.05, 4.69) is 9.97 Å². The molecule has 7 heteroatoms. The highest BCUT2D eigenvalue weighted by atomic mass is 127. The van der Waals surface area contributed by atoms with Crippen molar-refractivity contribution in [2.75, 3.05) is 0 Å². The minimum absolute atomic E-state index is 0.0569. The predicted molar refractivity (Wildman–Crippen MR) is 78.3 cm³/mol. The molecule has 20 heavy (non-hydrogen) atoms. The minimum atomic E-state index is -1.11. The van der Waals surface area contributed by atoms with Crippen molar-refractivity contribution in [2.24, 2.45) is 0 Å². The number of hydrogen-bond acceptors (Lipinski definition) is 4. The van der Waals surface area contributed by atoms with Crippen molar-refractivity contribution >= 4 is 34.5 Å². The van der Waals surface area contributed by atoms with E-state index in [9.17, 15) is 9.59 Å². The molecule has 2 rings (SSSR count). The van der Waals surface area contributed by atoms with Crippen LogP contribution in [-0.2, 0) is 0 Å². The first-order valence-corrected chi connectivity index (χ1v) is 6.78. The molecule has 0 spiro atoms. The van der Waals surface area contributed by atoms with Crippen LogP contribution in [0.25, 0.3) is 0 Å². The van der Waals surface area contributed by atoms with E-state index < -0.39 is 11.9 Å². The summed E-state index contributed by atoms with van der Waals surface area (Å²) in [6.45, 7) is 0. The third-order valence-corrected chi connectivity index (χ3v) is 3.78. The van der Waals surface area contributed by atoms with Crippen LogP contribution in [0, 0.1) is 0 Å². The molecule has 0 unspecified atom stereocenters. The Kier molecular flexibility index (Phi) is 4.28. The molecular weight excluding hydrogens is 375 g/mol. The van der Waals surface area contributed by atoms with Crippen molar-refractivity contribution in [2.45, 2.75) is 3.92 Å². The van der Waals surface area contributed by atoms with Crippen LogP contribution >= 0.6 is 22.6 Å². The van der Waals surface area contributed by atoms with Gasteiger partial charge in [0.2, 0.25) is 0 Å². The first-order valence-electron chi connectivity index (χ1n) is 5.53. The molecule has 0 saturated heterocycles. The molecule has 2 aromatic rings. The lowest BCUT2D eigenvalue weighted by molar-refractivity contribution is 0.0680. The molecule has 2 aromatic heterocycles. The van der Waals surface area contributed by atoms with Gasteiger partial charge in [0.25, 0.3) is 0 Å². The summed E-state index contributed by atoms with van der Waals surface area (Å²) in [6, 6.07) is 9.35. The van der Waals surface area contributed by atoms with Gasteiger partial charge in [-0.3, -0.25) is 0 Å². The smallest absolute Gasteiger partial charge is 0.354 e.